The van der Waals surface area contributed by atoms with Crippen molar-refractivity contribution >= 4 is 35.0 Å². The Kier molecular flexibility index (Phi) is 6.08. The third-order valence-electron chi connectivity index (χ3n) is 4.91. The predicted octanol–water partition coefficient (Wildman–Crippen LogP) is 3.31. The van der Waals surface area contributed by atoms with Gasteiger partial charge in [0.2, 0.25) is 5.91 Å². The summed E-state index contributed by atoms with van der Waals surface area (Å²) >= 11 is 1.11. The number of hydrogen-bond donors (Lipinski definition) is 1. The number of nitrogens with one attached hydrogen (secondary N) is 1. The number of hydrogen-bond acceptors (Lipinski definition) is 6. The van der Waals surface area contributed by atoms with Crippen LogP contribution in [0.4, 0.5) is 20.2 Å². The van der Waals surface area contributed by atoms with Crippen molar-refractivity contribution in [2.24, 2.45) is 7.05 Å². The minimum atomic E-state index is -0.853. The van der Waals surface area contributed by atoms with Gasteiger partial charge in [-0.15, -0.1) is 10.2 Å². The first-order chi connectivity index (χ1) is 15.3. The van der Waals surface area contributed by atoms with E-state index in [2.05, 4.69) is 15.5 Å². The lowest BCUT2D eigenvalue weighted by atomic mass is 10.1. The van der Waals surface area contributed by atoms with Gasteiger partial charge in [0.25, 0.3) is 5.91 Å². The van der Waals surface area contributed by atoms with Crippen LogP contribution in [0.5, 0.6) is 5.75 Å². The van der Waals surface area contributed by atoms with Gasteiger partial charge in [0, 0.05) is 13.1 Å². The van der Waals surface area contributed by atoms with E-state index in [4.69, 9.17) is 4.74 Å². The predicted molar refractivity (Wildman–Crippen MR) is 115 cm³/mol. The summed E-state index contributed by atoms with van der Waals surface area (Å²) in [6.07, 6.45) is 0. The number of para-hydroxylation sites is 2. The molecule has 0 fully saturated rings. The molecule has 2 amide bonds. The molecule has 8 nitrogen and oxygen atoms in total. The van der Waals surface area contributed by atoms with Gasteiger partial charge in [0.1, 0.15) is 17.4 Å². The Hall–Kier alpha value is -3.47. The first-order valence-electron chi connectivity index (χ1n) is 9.66. The zero-order valence-electron chi connectivity index (χ0n) is 17.2. The smallest absolute Gasteiger partial charge is 0.265 e. The number of fused-ring (bicyclic) bond motifs is 1. The maximum Gasteiger partial charge on any atom is 0.265 e. The molecule has 1 N–H and O–H groups in total. The number of ether oxygens (including phenoxy) is 1. The Morgan fingerprint density at radius 3 is 2.81 bits per heavy atom. The van der Waals surface area contributed by atoms with Crippen LogP contribution in [-0.4, -0.2) is 38.9 Å². The monoisotopic (exact) mass is 459 g/mol. The number of rotatable bonds is 6. The van der Waals surface area contributed by atoms with Crippen molar-refractivity contribution in [1.29, 1.82) is 0 Å². The van der Waals surface area contributed by atoms with Gasteiger partial charge in [-0.25, -0.2) is 8.78 Å². The third-order valence-corrected chi connectivity index (χ3v) is 5.93. The highest BCUT2D eigenvalue weighted by molar-refractivity contribution is 7.99. The van der Waals surface area contributed by atoms with Crippen LogP contribution in [0, 0.1) is 11.6 Å². The first kappa shape index (κ1) is 21.8. The lowest BCUT2D eigenvalue weighted by molar-refractivity contribution is -0.121. The minimum absolute atomic E-state index is 0.0590. The third kappa shape index (κ3) is 4.28. The summed E-state index contributed by atoms with van der Waals surface area (Å²) in [4.78, 5) is 26.4. The molecule has 3 aromatic rings. The van der Waals surface area contributed by atoms with E-state index in [0.29, 0.717) is 28.5 Å². The second-order valence-corrected chi connectivity index (χ2v) is 8.00. The number of carbonyl (C=O) groups excluding carboxylic acids is 2. The minimum Gasteiger partial charge on any atom is -0.482 e. The van der Waals surface area contributed by atoms with E-state index in [1.54, 1.807) is 28.6 Å². The molecule has 0 radical (unpaired) electrons. The number of benzene rings is 2. The number of thioether (sulfide) groups is 1. The Bertz CT molecular complexity index is 1190. The van der Waals surface area contributed by atoms with Gasteiger partial charge in [0.05, 0.1) is 23.2 Å². The van der Waals surface area contributed by atoms with Crippen LogP contribution in [-0.2, 0) is 16.6 Å². The van der Waals surface area contributed by atoms with Crippen LogP contribution in [0.3, 0.4) is 0 Å². The molecule has 0 saturated heterocycles. The van der Waals surface area contributed by atoms with E-state index in [1.165, 1.54) is 0 Å². The topological polar surface area (TPSA) is 89.4 Å². The molecule has 0 bridgehead atoms. The lowest BCUT2D eigenvalue weighted by Crippen LogP contribution is -2.41. The lowest BCUT2D eigenvalue weighted by Gasteiger charge is -2.33. The zero-order valence-corrected chi connectivity index (χ0v) is 18.0. The molecule has 4 rings (SSSR count). The normalized spacial score (nSPS) is 14.0. The van der Waals surface area contributed by atoms with Crippen LogP contribution in [0.1, 0.15) is 18.8 Å². The quantitative estimate of drug-likeness (QED) is 0.569. The molecular formula is C21H19F2N5O3S. The molecule has 0 saturated carbocycles. The highest BCUT2D eigenvalue weighted by Gasteiger charge is 2.32. The van der Waals surface area contributed by atoms with Crippen molar-refractivity contribution in [1.82, 2.24) is 14.8 Å². The summed E-state index contributed by atoms with van der Waals surface area (Å²) in [7, 11) is 1.74. The molecule has 0 unspecified atom stereocenters. The molecule has 11 heteroatoms. The summed E-state index contributed by atoms with van der Waals surface area (Å²) < 4.78 is 33.9. The van der Waals surface area contributed by atoms with Crippen LogP contribution >= 0.6 is 11.8 Å². The maximum atomic E-state index is 13.7. The van der Waals surface area contributed by atoms with E-state index in [0.717, 1.165) is 23.9 Å². The zero-order chi connectivity index (χ0) is 22.8. The fourth-order valence-electron chi connectivity index (χ4n) is 3.38. The van der Waals surface area contributed by atoms with Gasteiger partial charge in [0.15, 0.2) is 17.6 Å². The van der Waals surface area contributed by atoms with Crippen molar-refractivity contribution in [3.8, 4) is 5.75 Å². The fourth-order valence-corrected chi connectivity index (χ4v) is 4.10. The number of anilines is 2. The number of halogens is 2. The standard InChI is InChI=1S/C21H19F2N5O3S/c1-12(28-16-5-3-4-6-17(16)31-10-19(28)30)20-25-26-21(27(20)2)32-11-18(29)24-15-8-7-13(22)9-14(15)23/h3-9,12H,10-11H2,1-2H3,(H,24,29)/t12-/m0/s1. The van der Waals surface area contributed by atoms with E-state index in [-0.39, 0.29) is 24.0 Å². The Morgan fingerprint density at radius 1 is 1.25 bits per heavy atom. The van der Waals surface area contributed by atoms with Gasteiger partial charge in [-0.1, -0.05) is 23.9 Å². The van der Waals surface area contributed by atoms with E-state index < -0.39 is 23.6 Å². The number of amides is 2. The highest BCUT2D eigenvalue weighted by Crippen LogP contribution is 2.37. The van der Waals surface area contributed by atoms with Gasteiger partial charge in [-0.2, -0.15) is 0 Å². The summed E-state index contributed by atoms with van der Waals surface area (Å²) in [6, 6.07) is 9.74. The molecule has 32 heavy (non-hydrogen) atoms. The highest BCUT2D eigenvalue weighted by atomic mass is 32.2. The second-order valence-electron chi connectivity index (χ2n) is 7.06. The largest absolute Gasteiger partial charge is 0.482 e. The number of aromatic nitrogens is 3. The second kappa shape index (κ2) is 8.95. The Morgan fingerprint density at radius 2 is 2.03 bits per heavy atom. The summed E-state index contributed by atoms with van der Waals surface area (Å²) in [5, 5.41) is 11.2. The SMILES string of the molecule is C[C@@H](c1nnc(SCC(=O)Nc2ccc(F)cc2F)n1C)N1C(=O)COc2ccccc21. The molecular weight excluding hydrogens is 440 g/mol. The summed E-state index contributed by atoms with van der Waals surface area (Å²) in [6.45, 7) is 1.77. The van der Waals surface area contributed by atoms with Crippen LogP contribution in [0.2, 0.25) is 0 Å². The Balaban J connectivity index is 1.45. The summed E-state index contributed by atoms with van der Waals surface area (Å²) in [5.74, 6) is -1.17. The Labute approximate surface area is 186 Å². The molecule has 1 atom stereocenters. The van der Waals surface area contributed by atoms with Crippen molar-refractivity contribution < 1.29 is 23.1 Å². The average molecular weight is 459 g/mol. The molecule has 1 aliphatic rings. The van der Waals surface area contributed by atoms with Gasteiger partial charge >= 0.3 is 0 Å². The molecule has 2 aromatic carbocycles. The van der Waals surface area contributed by atoms with Gasteiger partial charge in [-0.3, -0.25) is 14.5 Å². The molecule has 0 aliphatic carbocycles. The van der Waals surface area contributed by atoms with Crippen molar-refractivity contribution in [3.63, 3.8) is 0 Å². The fraction of sp³-hybridized carbons (Fsp3) is 0.238. The van der Waals surface area contributed by atoms with Crippen molar-refractivity contribution in [3.05, 3.63) is 59.9 Å². The van der Waals surface area contributed by atoms with Crippen LogP contribution in [0.25, 0.3) is 0 Å². The molecule has 0 spiro atoms. The molecule has 2 heterocycles. The number of carbonyl (C=O) groups is 2. The maximum absolute atomic E-state index is 13.7. The van der Waals surface area contributed by atoms with E-state index in [9.17, 15) is 18.4 Å². The van der Waals surface area contributed by atoms with E-state index in [1.807, 2.05) is 19.1 Å². The van der Waals surface area contributed by atoms with Gasteiger partial charge < -0.3 is 14.6 Å². The molecule has 1 aromatic heterocycles. The van der Waals surface area contributed by atoms with Crippen LogP contribution < -0.4 is 15.0 Å². The van der Waals surface area contributed by atoms with Gasteiger partial charge in [-0.05, 0) is 31.2 Å². The van der Waals surface area contributed by atoms with Crippen LogP contribution in [0.15, 0.2) is 47.6 Å². The van der Waals surface area contributed by atoms with Crippen molar-refractivity contribution in [2.75, 3.05) is 22.6 Å². The average Bonchev–Trinajstić information content (AvgIpc) is 3.14. The van der Waals surface area contributed by atoms with Crippen molar-refractivity contribution in [2.45, 2.75) is 18.1 Å². The van der Waals surface area contributed by atoms with E-state index >= 15 is 0 Å². The first-order valence-corrected chi connectivity index (χ1v) is 10.6. The molecule has 166 valence electrons. The summed E-state index contributed by atoms with van der Waals surface area (Å²) in [5.41, 5.74) is 0.544. The number of nitrogens with zero attached hydrogens (tertiary/aromatic N) is 4. The molecule has 1 aliphatic heterocycles.